The molecule has 3 heteroatoms. The van der Waals surface area contributed by atoms with Crippen molar-refractivity contribution in [2.24, 2.45) is 4.99 Å². The second-order valence-corrected chi connectivity index (χ2v) is 2.95. The van der Waals surface area contributed by atoms with E-state index >= 15 is 0 Å². The summed E-state index contributed by atoms with van der Waals surface area (Å²) < 4.78 is 0. The molecule has 1 amide bonds. The largest absolute Gasteiger partial charge is 0.351 e. The van der Waals surface area contributed by atoms with Gasteiger partial charge in [0.1, 0.15) is 6.04 Å². The molecule has 1 fully saturated rings. The number of carbonyl (C=O) groups is 1. The van der Waals surface area contributed by atoms with Gasteiger partial charge in [-0.05, 0) is 5.56 Å². The van der Waals surface area contributed by atoms with E-state index in [4.69, 9.17) is 0 Å². The van der Waals surface area contributed by atoms with E-state index in [1.165, 1.54) is 0 Å². The fraction of sp³-hybridized carbons (Fsp3) is 0.200. The Morgan fingerprint density at radius 2 is 2.15 bits per heavy atom. The molecule has 0 aromatic heterocycles. The molecule has 1 aromatic rings. The van der Waals surface area contributed by atoms with E-state index in [9.17, 15) is 4.79 Å². The average molecular weight is 174 g/mol. The van der Waals surface area contributed by atoms with Gasteiger partial charge in [0.2, 0.25) is 5.91 Å². The first-order chi connectivity index (χ1) is 6.36. The molecule has 2 rings (SSSR count). The second kappa shape index (κ2) is 3.39. The standard InChI is InChI=1S/C10H10N2O/c13-10-9(7-12-10)11-6-8-4-2-1-3-5-8/h1-6,9H,7H2,(H,12,13)/t9-/m0/s1. The Hall–Kier alpha value is -1.64. The van der Waals surface area contributed by atoms with Gasteiger partial charge in [0.25, 0.3) is 0 Å². The van der Waals surface area contributed by atoms with Crippen molar-refractivity contribution in [3.8, 4) is 0 Å². The summed E-state index contributed by atoms with van der Waals surface area (Å²) in [6.07, 6.45) is 1.74. The van der Waals surface area contributed by atoms with E-state index in [-0.39, 0.29) is 11.9 Å². The van der Waals surface area contributed by atoms with Crippen molar-refractivity contribution >= 4 is 12.1 Å². The van der Waals surface area contributed by atoms with Crippen molar-refractivity contribution in [3.63, 3.8) is 0 Å². The number of β-lactam (4-membered cyclic amide) rings is 1. The van der Waals surface area contributed by atoms with Crippen molar-refractivity contribution in [2.45, 2.75) is 6.04 Å². The zero-order valence-electron chi connectivity index (χ0n) is 7.10. The molecule has 0 unspecified atom stereocenters. The van der Waals surface area contributed by atoms with Crippen LogP contribution in [-0.4, -0.2) is 24.7 Å². The van der Waals surface area contributed by atoms with Crippen molar-refractivity contribution < 1.29 is 4.79 Å². The highest BCUT2D eigenvalue weighted by Gasteiger charge is 2.25. The van der Waals surface area contributed by atoms with Crippen LogP contribution in [0.1, 0.15) is 5.56 Å². The van der Waals surface area contributed by atoms with Crippen molar-refractivity contribution in [1.29, 1.82) is 0 Å². The lowest BCUT2D eigenvalue weighted by atomic mass is 10.1. The molecule has 0 saturated carbocycles. The summed E-state index contributed by atoms with van der Waals surface area (Å²) in [5, 5.41) is 2.64. The molecule has 3 nitrogen and oxygen atoms in total. The lowest BCUT2D eigenvalue weighted by Crippen LogP contribution is -2.52. The third-order valence-electron chi connectivity index (χ3n) is 1.98. The van der Waals surface area contributed by atoms with Crippen molar-refractivity contribution in [3.05, 3.63) is 35.9 Å². The maximum atomic E-state index is 10.8. The van der Waals surface area contributed by atoms with Crippen LogP contribution >= 0.6 is 0 Å². The van der Waals surface area contributed by atoms with Gasteiger partial charge >= 0.3 is 0 Å². The van der Waals surface area contributed by atoms with Gasteiger partial charge in [-0.3, -0.25) is 9.79 Å². The van der Waals surface area contributed by atoms with E-state index in [1.807, 2.05) is 30.3 Å². The number of nitrogens with one attached hydrogen (secondary N) is 1. The summed E-state index contributed by atoms with van der Waals surface area (Å²) in [6, 6.07) is 9.60. The number of rotatable bonds is 2. The molecule has 1 N–H and O–H groups in total. The van der Waals surface area contributed by atoms with Gasteiger partial charge in [-0.25, -0.2) is 0 Å². The molecule has 0 spiro atoms. The number of aliphatic imine (C=N–C) groups is 1. The van der Waals surface area contributed by atoms with Gasteiger partial charge in [0.05, 0.1) is 0 Å². The van der Waals surface area contributed by atoms with Gasteiger partial charge in [-0.1, -0.05) is 30.3 Å². The quantitative estimate of drug-likeness (QED) is 0.518. The molecule has 13 heavy (non-hydrogen) atoms. The van der Waals surface area contributed by atoms with E-state index < -0.39 is 0 Å². The van der Waals surface area contributed by atoms with Crippen LogP contribution in [0.3, 0.4) is 0 Å². The molecule has 0 bridgehead atoms. The third-order valence-corrected chi connectivity index (χ3v) is 1.98. The summed E-state index contributed by atoms with van der Waals surface area (Å²) in [7, 11) is 0. The Morgan fingerprint density at radius 3 is 2.69 bits per heavy atom. The van der Waals surface area contributed by atoms with Crippen LogP contribution in [0.5, 0.6) is 0 Å². The molecule has 0 radical (unpaired) electrons. The molecular formula is C10H10N2O. The molecule has 1 aliphatic heterocycles. The highest BCUT2D eigenvalue weighted by atomic mass is 16.2. The zero-order chi connectivity index (χ0) is 9.10. The monoisotopic (exact) mass is 174 g/mol. The number of benzene rings is 1. The Labute approximate surface area is 76.5 Å². The zero-order valence-corrected chi connectivity index (χ0v) is 7.10. The first kappa shape index (κ1) is 7.98. The van der Waals surface area contributed by atoms with Crippen LogP contribution in [0.15, 0.2) is 35.3 Å². The summed E-state index contributed by atoms with van der Waals surface area (Å²) in [4.78, 5) is 15.0. The SMILES string of the molecule is O=C1NC[C@@H]1N=Cc1ccccc1. The highest BCUT2D eigenvalue weighted by Crippen LogP contribution is 2.01. The van der Waals surface area contributed by atoms with E-state index in [0.29, 0.717) is 6.54 Å². The molecule has 1 saturated heterocycles. The number of hydrogen-bond donors (Lipinski definition) is 1. The number of amides is 1. The second-order valence-electron chi connectivity index (χ2n) is 2.95. The van der Waals surface area contributed by atoms with Crippen molar-refractivity contribution in [2.75, 3.05) is 6.54 Å². The minimum absolute atomic E-state index is 0.0205. The number of nitrogens with zero attached hydrogens (tertiary/aromatic N) is 1. The third kappa shape index (κ3) is 1.75. The van der Waals surface area contributed by atoms with E-state index in [0.717, 1.165) is 5.56 Å². The first-order valence-corrected chi connectivity index (χ1v) is 4.22. The lowest BCUT2D eigenvalue weighted by Gasteiger charge is -2.21. The summed E-state index contributed by atoms with van der Waals surface area (Å²) in [5.41, 5.74) is 1.03. The molecule has 66 valence electrons. The molecular weight excluding hydrogens is 164 g/mol. The van der Waals surface area contributed by atoms with Gasteiger partial charge in [0, 0.05) is 12.8 Å². The summed E-state index contributed by atoms with van der Waals surface area (Å²) >= 11 is 0. The molecule has 1 atom stereocenters. The molecule has 1 aliphatic rings. The Morgan fingerprint density at radius 1 is 1.38 bits per heavy atom. The summed E-state index contributed by atoms with van der Waals surface area (Å²) in [6.45, 7) is 0.669. The average Bonchev–Trinajstić information content (AvgIpc) is 2.17. The minimum Gasteiger partial charge on any atom is -0.351 e. The smallest absolute Gasteiger partial charge is 0.246 e. The van der Waals surface area contributed by atoms with E-state index in [2.05, 4.69) is 10.3 Å². The van der Waals surface area contributed by atoms with Crippen LogP contribution in [0.2, 0.25) is 0 Å². The topological polar surface area (TPSA) is 41.5 Å². The number of carbonyl (C=O) groups excluding carboxylic acids is 1. The van der Waals surface area contributed by atoms with Crippen LogP contribution in [-0.2, 0) is 4.79 Å². The Bertz CT molecular complexity index is 332. The van der Waals surface area contributed by atoms with Gasteiger partial charge in [-0.15, -0.1) is 0 Å². The fourth-order valence-electron chi connectivity index (χ4n) is 1.11. The van der Waals surface area contributed by atoms with Gasteiger partial charge in [0.15, 0.2) is 0 Å². The van der Waals surface area contributed by atoms with Gasteiger partial charge < -0.3 is 5.32 Å². The predicted octanol–water partition coefficient (Wildman–Crippen LogP) is 0.604. The normalized spacial score (nSPS) is 21.2. The van der Waals surface area contributed by atoms with Crippen LogP contribution in [0.4, 0.5) is 0 Å². The molecule has 0 aliphatic carbocycles. The maximum absolute atomic E-state index is 10.8. The maximum Gasteiger partial charge on any atom is 0.246 e. The summed E-state index contributed by atoms with van der Waals surface area (Å²) in [5.74, 6) is 0.0205. The Kier molecular flexibility index (Phi) is 2.08. The Balaban J connectivity index is 2.01. The lowest BCUT2D eigenvalue weighted by molar-refractivity contribution is -0.127. The molecule has 1 heterocycles. The van der Waals surface area contributed by atoms with E-state index in [1.54, 1.807) is 6.21 Å². The predicted molar refractivity (Wildman–Crippen MR) is 50.8 cm³/mol. The van der Waals surface area contributed by atoms with Crippen LogP contribution in [0, 0.1) is 0 Å². The number of hydrogen-bond acceptors (Lipinski definition) is 2. The van der Waals surface area contributed by atoms with Crippen LogP contribution < -0.4 is 5.32 Å². The minimum atomic E-state index is -0.166. The van der Waals surface area contributed by atoms with Crippen molar-refractivity contribution in [1.82, 2.24) is 5.32 Å². The highest BCUT2D eigenvalue weighted by molar-refractivity contribution is 5.90. The van der Waals surface area contributed by atoms with Crippen LogP contribution in [0.25, 0.3) is 0 Å². The molecule has 1 aromatic carbocycles. The first-order valence-electron chi connectivity index (χ1n) is 4.22. The fourth-order valence-corrected chi connectivity index (χ4v) is 1.11. The van der Waals surface area contributed by atoms with Gasteiger partial charge in [-0.2, -0.15) is 0 Å².